The van der Waals surface area contributed by atoms with E-state index in [-0.39, 0.29) is 28.9 Å². The van der Waals surface area contributed by atoms with Crippen molar-refractivity contribution in [2.24, 2.45) is 0 Å². The van der Waals surface area contributed by atoms with E-state index in [1.807, 2.05) is 45.9 Å². The first-order valence-electron chi connectivity index (χ1n) is 8.59. The number of halogens is 1. The molecule has 2 aromatic rings. The monoisotopic (exact) mass is 369 g/mol. The summed E-state index contributed by atoms with van der Waals surface area (Å²) in [6.45, 7) is 8.13. The number of anilines is 1. The van der Waals surface area contributed by atoms with Gasteiger partial charge in [-0.1, -0.05) is 45.9 Å². The third-order valence-electron chi connectivity index (χ3n) is 4.68. The van der Waals surface area contributed by atoms with Crippen LogP contribution in [0.1, 0.15) is 81.7 Å². The lowest BCUT2D eigenvalue weighted by Crippen LogP contribution is -2.31. The van der Waals surface area contributed by atoms with E-state index in [0.29, 0.717) is 11.3 Å². The van der Waals surface area contributed by atoms with E-state index in [4.69, 9.17) is 11.6 Å². The minimum absolute atomic E-state index is 0.146. The zero-order chi connectivity index (χ0) is 19.2. The third kappa shape index (κ3) is 2.84. The van der Waals surface area contributed by atoms with Gasteiger partial charge in [0.05, 0.1) is 16.8 Å². The van der Waals surface area contributed by atoms with E-state index in [9.17, 15) is 14.4 Å². The molecule has 26 heavy (non-hydrogen) atoms. The van der Waals surface area contributed by atoms with Gasteiger partial charge in [-0.2, -0.15) is 0 Å². The molecule has 134 valence electrons. The van der Waals surface area contributed by atoms with Crippen LogP contribution in [0.3, 0.4) is 0 Å². The largest absolute Gasteiger partial charge is 0.276 e. The summed E-state index contributed by atoms with van der Waals surface area (Å²) in [6.07, 6.45) is 0. The Kier molecular flexibility index (Phi) is 4.72. The smallest absolute Gasteiger partial charge is 0.266 e. The molecule has 0 bridgehead atoms. The molecule has 0 saturated carbocycles. The second kappa shape index (κ2) is 6.69. The highest BCUT2D eigenvalue weighted by Gasteiger charge is 2.39. The zero-order valence-electron chi connectivity index (χ0n) is 15.2. The fourth-order valence-corrected chi connectivity index (χ4v) is 3.45. The summed E-state index contributed by atoms with van der Waals surface area (Å²) in [5, 5.41) is -0.656. The van der Waals surface area contributed by atoms with Gasteiger partial charge in [-0.3, -0.25) is 14.4 Å². The fraction of sp³-hybridized carbons (Fsp3) is 0.286. The van der Waals surface area contributed by atoms with Gasteiger partial charge in [0, 0.05) is 5.56 Å². The van der Waals surface area contributed by atoms with Gasteiger partial charge in [-0.25, -0.2) is 4.90 Å². The molecule has 0 spiro atoms. The number of rotatable bonds is 4. The normalized spacial score (nSPS) is 13.7. The topological polar surface area (TPSA) is 54.5 Å². The van der Waals surface area contributed by atoms with Gasteiger partial charge in [-0.15, -0.1) is 0 Å². The third-order valence-corrected chi connectivity index (χ3v) is 4.90. The van der Waals surface area contributed by atoms with Gasteiger partial charge in [0.15, 0.2) is 0 Å². The van der Waals surface area contributed by atoms with Crippen molar-refractivity contribution in [2.75, 3.05) is 4.90 Å². The van der Waals surface area contributed by atoms with Gasteiger partial charge >= 0.3 is 0 Å². The van der Waals surface area contributed by atoms with E-state index in [1.54, 1.807) is 0 Å². The fourth-order valence-electron chi connectivity index (χ4n) is 3.34. The molecule has 4 nitrogen and oxygen atoms in total. The van der Waals surface area contributed by atoms with Crippen LogP contribution >= 0.6 is 11.6 Å². The predicted molar refractivity (Wildman–Crippen MR) is 102 cm³/mol. The molecule has 0 N–H and O–H groups in total. The standard InChI is InChI=1S/C21H20ClNO3/c1-11(2)14-6-5-7-15(12(3)4)18(14)23-20(25)16-9-8-13(19(22)24)10-17(16)21(23)26/h5-12H,1-4H3. The zero-order valence-corrected chi connectivity index (χ0v) is 15.9. The Labute approximate surface area is 157 Å². The Morgan fingerprint density at radius 2 is 1.42 bits per heavy atom. The minimum Gasteiger partial charge on any atom is -0.276 e. The van der Waals surface area contributed by atoms with Crippen LogP contribution in [0.15, 0.2) is 36.4 Å². The average molecular weight is 370 g/mol. The highest BCUT2D eigenvalue weighted by atomic mass is 35.5. The van der Waals surface area contributed by atoms with E-state index < -0.39 is 11.1 Å². The lowest BCUT2D eigenvalue weighted by Gasteiger charge is -2.25. The van der Waals surface area contributed by atoms with Gasteiger partial charge in [0.2, 0.25) is 0 Å². The predicted octanol–water partition coefficient (Wildman–Crippen LogP) is 5.11. The number of hydrogen-bond acceptors (Lipinski definition) is 3. The maximum absolute atomic E-state index is 13.1. The summed E-state index contributed by atoms with van der Waals surface area (Å²) in [5.41, 5.74) is 3.26. The molecule has 0 fully saturated rings. The van der Waals surface area contributed by atoms with Crippen LogP contribution in [0.2, 0.25) is 0 Å². The Hall–Kier alpha value is -2.46. The van der Waals surface area contributed by atoms with E-state index in [2.05, 4.69) is 0 Å². The van der Waals surface area contributed by atoms with Gasteiger partial charge in [0.25, 0.3) is 17.1 Å². The van der Waals surface area contributed by atoms with Crippen LogP contribution in [0.5, 0.6) is 0 Å². The van der Waals surface area contributed by atoms with Crippen LogP contribution in [-0.2, 0) is 0 Å². The van der Waals surface area contributed by atoms with Crippen LogP contribution < -0.4 is 4.90 Å². The maximum Gasteiger partial charge on any atom is 0.266 e. The summed E-state index contributed by atoms with van der Waals surface area (Å²) in [4.78, 5) is 38.8. The van der Waals surface area contributed by atoms with Crippen LogP contribution in [0.4, 0.5) is 5.69 Å². The highest BCUT2D eigenvalue weighted by Crippen LogP contribution is 2.39. The Balaban J connectivity index is 2.22. The van der Waals surface area contributed by atoms with Crippen molar-refractivity contribution in [1.82, 2.24) is 0 Å². The van der Waals surface area contributed by atoms with Crippen molar-refractivity contribution >= 4 is 34.3 Å². The van der Waals surface area contributed by atoms with Crippen LogP contribution in [0, 0.1) is 0 Å². The number of carbonyl (C=O) groups is 3. The molecule has 0 unspecified atom stereocenters. The van der Waals surface area contributed by atoms with Crippen molar-refractivity contribution in [3.63, 3.8) is 0 Å². The van der Waals surface area contributed by atoms with Gasteiger partial charge in [0.1, 0.15) is 0 Å². The summed E-state index contributed by atoms with van der Waals surface area (Å²) in [6, 6.07) is 10.2. The molecule has 1 aliphatic heterocycles. The molecule has 0 saturated heterocycles. The Morgan fingerprint density at radius 1 is 0.885 bits per heavy atom. The van der Waals surface area contributed by atoms with Gasteiger partial charge < -0.3 is 0 Å². The first-order chi connectivity index (χ1) is 12.2. The Morgan fingerprint density at radius 3 is 1.92 bits per heavy atom. The first kappa shape index (κ1) is 18.3. The second-order valence-electron chi connectivity index (χ2n) is 7.07. The van der Waals surface area contributed by atoms with Crippen molar-refractivity contribution in [2.45, 2.75) is 39.5 Å². The molecule has 3 rings (SSSR count). The quantitative estimate of drug-likeness (QED) is 0.555. The first-order valence-corrected chi connectivity index (χ1v) is 8.97. The molecule has 0 atom stereocenters. The lowest BCUT2D eigenvalue weighted by atomic mass is 9.92. The summed E-state index contributed by atoms with van der Waals surface area (Å²) in [7, 11) is 0. The summed E-state index contributed by atoms with van der Waals surface area (Å²) < 4.78 is 0. The SMILES string of the molecule is CC(C)c1cccc(C(C)C)c1N1C(=O)c2ccc(C(=O)Cl)cc2C1=O. The molecule has 0 aliphatic carbocycles. The molecule has 2 aromatic carbocycles. The molecule has 2 amide bonds. The van der Waals surface area contributed by atoms with Crippen LogP contribution in [-0.4, -0.2) is 17.1 Å². The average Bonchev–Trinajstić information content (AvgIpc) is 2.84. The van der Waals surface area contributed by atoms with E-state index in [1.165, 1.54) is 23.1 Å². The minimum atomic E-state index is -0.656. The number of imide groups is 1. The molecule has 1 heterocycles. The van der Waals surface area contributed by atoms with Crippen molar-refractivity contribution in [1.29, 1.82) is 0 Å². The maximum atomic E-state index is 13.1. The Bertz CT molecular complexity index is 905. The molecular formula is C21H20ClNO3. The number of amides is 2. The molecule has 5 heteroatoms. The lowest BCUT2D eigenvalue weighted by molar-refractivity contribution is 0.0925. The van der Waals surface area contributed by atoms with E-state index in [0.717, 1.165) is 11.1 Å². The summed E-state index contributed by atoms with van der Waals surface area (Å²) >= 11 is 5.53. The molecule has 0 aromatic heterocycles. The van der Waals surface area contributed by atoms with E-state index >= 15 is 0 Å². The number of carbonyl (C=O) groups excluding carboxylic acids is 3. The summed E-state index contributed by atoms with van der Waals surface area (Å²) in [5.74, 6) is -0.491. The number of benzene rings is 2. The van der Waals surface area contributed by atoms with Crippen LogP contribution in [0.25, 0.3) is 0 Å². The van der Waals surface area contributed by atoms with Gasteiger partial charge in [-0.05, 0) is 52.8 Å². The van der Waals surface area contributed by atoms with Crippen molar-refractivity contribution in [3.05, 3.63) is 64.2 Å². The molecule has 1 aliphatic rings. The number of fused-ring (bicyclic) bond motifs is 1. The highest BCUT2D eigenvalue weighted by molar-refractivity contribution is 6.67. The second-order valence-corrected chi connectivity index (χ2v) is 7.42. The number of para-hydroxylation sites is 1. The number of nitrogens with zero attached hydrogens (tertiary/aromatic N) is 1. The molecular weight excluding hydrogens is 350 g/mol. The van der Waals surface area contributed by atoms with Crippen molar-refractivity contribution < 1.29 is 14.4 Å². The molecule has 0 radical (unpaired) electrons. The van der Waals surface area contributed by atoms with Crippen molar-refractivity contribution in [3.8, 4) is 0 Å². The number of hydrogen-bond donors (Lipinski definition) is 0.